The summed E-state index contributed by atoms with van der Waals surface area (Å²) < 4.78 is 13.2. The number of rotatable bonds is 4. The molecule has 0 spiro atoms. The van der Waals surface area contributed by atoms with Crippen molar-refractivity contribution >= 4 is 5.57 Å². The molecule has 0 aliphatic heterocycles. The minimum atomic E-state index is -0.498. The number of H-pyrrole nitrogens is 1. The highest BCUT2D eigenvalue weighted by molar-refractivity contribution is 5.72. The Bertz CT molecular complexity index is 376. The lowest BCUT2D eigenvalue weighted by Gasteiger charge is -1.95. The summed E-state index contributed by atoms with van der Waals surface area (Å²) in [5.41, 5.74) is 0.241. The molecule has 0 saturated carbocycles. The molecule has 4 nitrogen and oxygen atoms in total. The van der Waals surface area contributed by atoms with Crippen LogP contribution in [0.3, 0.4) is 0 Å². The van der Waals surface area contributed by atoms with Crippen LogP contribution in [0.1, 0.15) is 5.82 Å². The van der Waals surface area contributed by atoms with Crippen molar-refractivity contribution in [2.75, 3.05) is 0 Å². The van der Waals surface area contributed by atoms with E-state index in [1.54, 1.807) is 6.08 Å². The molecule has 72 valence electrons. The van der Waals surface area contributed by atoms with Crippen molar-refractivity contribution in [2.45, 2.75) is 0 Å². The largest absolute Gasteiger partial charge is 0.239 e. The van der Waals surface area contributed by atoms with Gasteiger partial charge in [0, 0.05) is 0 Å². The predicted molar refractivity (Wildman–Crippen MR) is 51.7 cm³/mol. The second kappa shape index (κ2) is 4.86. The zero-order valence-corrected chi connectivity index (χ0v) is 7.44. The number of aromatic amines is 1. The summed E-state index contributed by atoms with van der Waals surface area (Å²) in [5.74, 6) is -0.248. The SMILES string of the molecule is C=C/C=C\C(=C(\F)C=C)c1nnn[nH]1. The molecule has 0 radical (unpaired) electrons. The number of allylic oxidation sites excluding steroid dienone is 6. The van der Waals surface area contributed by atoms with Gasteiger partial charge in [-0.1, -0.05) is 25.3 Å². The van der Waals surface area contributed by atoms with E-state index in [-0.39, 0.29) is 11.4 Å². The monoisotopic (exact) mass is 192 g/mol. The summed E-state index contributed by atoms with van der Waals surface area (Å²) in [6.45, 7) is 6.80. The second-order valence-electron chi connectivity index (χ2n) is 2.31. The van der Waals surface area contributed by atoms with E-state index in [1.165, 1.54) is 12.2 Å². The van der Waals surface area contributed by atoms with Gasteiger partial charge in [0.25, 0.3) is 0 Å². The first-order valence-corrected chi connectivity index (χ1v) is 3.85. The molecule has 1 aromatic rings. The smallest absolute Gasteiger partial charge is 0.182 e. The molecule has 1 rings (SSSR count). The minimum absolute atomic E-state index is 0.241. The molecule has 14 heavy (non-hydrogen) atoms. The third-order valence-corrected chi connectivity index (χ3v) is 1.44. The van der Waals surface area contributed by atoms with Crippen molar-refractivity contribution in [1.29, 1.82) is 0 Å². The Morgan fingerprint density at radius 2 is 2.21 bits per heavy atom. The van der Waals surface area contributed by atoms with Gasteiger partial charge in [-0.15, -0.1) is 5.10 Å². The van der Waals surface area contributed by atoms with Crippen LogP contribution in [0.25, 0.3) is 5.57 Å². The van der Waals surface area contributed by atoms with Crippen molar-refractivity contribution < 1.29 is 4.39 Å². The fraction of sp³-hybridized carbons (Fsp3) is 0. The minimum Gasteiger partial charge on any atom is -0.239 e. The van der Waals surface area contributed by atoms with Crippen LogP contribution >= 0.6 is 0 Å². The maximum absolute atomic E-state index is 13.2. The van der Waals surface area contributed by atoms with Gasteiger partial charge in [-0.25, -0.2) is 9.49 Å². The zero-order valence-electron chi connectivity index (χ0n) is 7.44. The summed E-state index contributed by atoms with van der Waals surface area (Å²) >= 11 is 0. The number of hydrogen-bond donors (Lipinski definition) is 1. The number of halogens is 1. The number of hydrogen-bond acceptors (Lipinski definition) is 3. The molecule has 0 saturated heterocycles. The van der Waals surface area contributed by atoms with Crippen molar-refractivity contribution in [2.24, 2.45) is 0 Å². The summed E-state index contributed by atoms with van der Waals surface area (Å²) in [5, 5.41) is 12.8. The van der Waals surface area contributed by atoms with Gasteiger partial charge in [0.05, 0.1) is 5.57 Å². The summed E-state index contributed by atoms with van der Waals surface area (Å²) in [4.78, 5) is 0. The van der Waals surface area contributed by atoms with E-state index in [4.69, 9.17) is 0 Å². The van der Waals surface area contributed by atoms with Crippen LogP contribution in [0.2, 0.25) is 0 Å². The van der Waals surface area contributed by atoms with Crippen LogP contribution < -0.4 is 0 Å². The lowest BCUT2D eigenvalue weighted by Crippen LogP contribution is -1.87. The molecule has 1 aromatic heterocycles. The van der Waals surface area contributed by atoms with E-state index >= 15 is 0 Å². The molecule has 0 aliphatic rings. The van der Waals surface area contributed by atoms with E-state index in [9.17, 15) is 4.39 Å². The Morgan fingerprint density at radius 3 is 2.71 bits per heavy atom. The topological polar surface area (TPSA) is 54.5 Å². The maximum Gasteiger partial charge on any atom is 0.182 e. The van der Waals surface area contributed by atoms with Gasteiger partial charge in [0.2, 0.25) is 0 Å². The summed E-state index contributed by atoms with van der Waals surface area (Å²) in [6.07, 6.45) is 5.71. The fourth-order valence-electron chi connectivity index (χ4n) is 0.819. The van der Waals surface area contributed by atoms with Gasteiger partial charge in [-0.2, -0.15) is 0 Å². The van der Waals surface area contributed by atoms with Gasteiger partial charge in [0.1, 0.15) is 5.83 Å². The summed E-state index contributed by atoms with van der Waals surface area (Å²) in [6, 6.07) is 0. The average Bonchev–Trinajstić information content (AvgIpc) is 2.71. The molecule has 5 heteroatoms. The number of aromatic nitrogens is 4. The zero-order chi connectivity index (χ0) is 10.4. The number of tetrazole rings is 1. The standard InChI is InChI=1S/C9H9FN4/c1-3-5-6-7(8(10)4-2)9-11-13-14-12-9/h3-6H,1-2H2,(H,11,12,13,14)/b6-5-,8-7-. The van der Waals surface area contributed by atoms with Gasteiger partial charge in [0.15, 0.2) is 5.82 Å². The van der Waals surface area contributed by atoms with Gasteiger partial charge in [-0.05, 0) is 22.6 Å². The van der Waals surface area contributed by atoms with Crippen LogP contribution in [-0.2, 0) is 0 Å². The van der Waals surface area contributed by atoms with E-state index in [0.717, 1.165) is 6.08 Å². The van der Waals surface area contributed by atoms with Crippen molar-refractivity contribution in [1.82, 2.24) is 20.6 Å². The van der Waals surface area contributed by atoms with Crippen molar-refractivity contribution in [3.63, 3.8) is 0 Å². The second-order valence-corrected chi connectivity index (χ2v) is 2.31. The first-order chi connectivity index (χ1) is 6.79. The van der Waals surface area contributed by atoms with E-state index in [1.807, 2.05) is 0 Å². The van der Waals surface area contributed by atoms with E-state index in [0.29, 0.717) is 0 Å². The molecule has 1 N–H and O–H groups in total. The van der Waals surface area contributed by atoms with Crippen molar-refractivity contribution in [3.8, 4) is 0 Å². The van der Waals surface area contributed by atoms with Crippen LogP contribution in [-0.4, -0.2) is 20.6 Å². The first-order valence-electron chi connectivity index (χ1n) is 3.85. The van der Waals surface area contributed by atoms with E-state index < -0.39 is 5.83 Å². The molecular weight excluding hydrogens is 183 g/mol. The quantitative estimate of drug-likeness (QED) is 0.740. The highest BCUT2D eigenvalue weighted by Gasteiger charge is 2.06. The third kappa shape index (κ3) is 2.22. The van der Waals surface area contributed by atoms with Crippen LogP contribution in [0, 0.1) is 0 Å². The molecule has 0 bridgehead atoms. The van der Waals surface area contributed by atoms with Crippen molar-refractivity contribution in [3.05, 3.63) is 49.1 Å². The normalized spacial score (nSPS) is 12.6. The molecule has 0 amide bonds. The molecule has 0 unspecified atom stereocenters. The number of nitrogens with one attached hydrogen (secondary N) is 1. The highest BCUT2D eigenvalue weighted by atomic mass is 19.1. The maximum atomic E-state index is 13.2. The molecule has 0 fully saturated rings. The molecular formula is C9H9FN4. The Balaban J connectivity index is 3.12. The van der Waals surface area contributed by atoms with E-state index in [2.05, 4.69) is 33.8 Å². The van der Waals surface area contributed by atoms with Gasteiger partial charge >= 0.3 is 0 Å². The Labute approximate surface area is 80.5 Å². The molecule has 0 atom stereocenters. The third-order valence-electron chi connectivity index (χ3n) is 1.44. The highest BCUT2D eigenvalue weighted by Crippen LogP contribution is 2.17. The molecule has 1 heterocycles. The number of nitrogens with zero attached hydrogens (tertiary/aromatic N) is 3. The van der Waals surface area contributed by atoms with Crippen LogP contribution in [0.5, 0.6) is 0 Å². The average molecular weight is 192 g/mol. The fourth-order valence-corrected chi connectivity index (χ4v) is 0.819. The van der Waals surface area contributed by atoms with Gasteiger partial charge < -0.3 is 0 Å². The lowest BCUT2D eigenvalue weighted by atomic mass is 10.2. The lowest BCUT2D eigenvalue weighted by molar-refractivity contribution is 0.670. The molecule has 0 aliphatic carbocycles. The van der Waals surface area contributed by atoms with Crippen LogP contribution in [0.15, 0.2) is 43.3 Å². The predicted octanol–water partition coefficient (Wildman–Crippen LogP) is 1.81. The Hall–Kier alpha value is -2.04. The Morgan fingerprint density at radius 1 is 1.43 bits per heavy atom. The Kier molecular flexibility index (Phi) is 3.49. The molecule has 0 aromatic carbocycles. The van der Waals surface area contributed by atoms with Gasteiger partial charge in [-0.3, -0.25) is 0 Å². The first kappa shape index (κ1) is 10.0. The van der Waals surface area contributed by atoms with Crippen LogP contribution in [0.4, 0.5) is 4.39 Å². The summed E-state index contributed by atoms with van der Waals surface area (Å²) in [7, 11) is 0.